The molecule has 35 heavy (non-hydrogen) atoms. The van der Waals surface area contributed by atoms with Gasteiger partial charge in [0.25, 0.3) is 0 Å². The van der Waals surface area contributed by atoms with Crippen LogP contribution >= 0.6 is 0 Å². The second kappa shape index (κ2) is 17.1. The second-order valence-corrected chi connectivity index (χ2v) is 11.7. The Morgan fingerprint density at radius 2 is 1.37 bits per heavy atom. The molecule has 0 aliphatic heterocycles. The van der Waals surface area contributed by atoms with Gasteiger partial charge in [-0.15, -0.1) is 0 Å². The smallest absolute Gasteiger partial charge is 0.410 e. The van der Waals surface area contributed by atoms with Gasteiger partial charge in [-0.1, -0.05) is 59.8 Å². The first-order valence-corrected chi connectivity index (χ1v) is 14.3. The molecule has 208 valence electrons. The van der Waals surface area contributed by atoms with Crippen molar-refractivity contribution in [3.05, 3.63) is 0 Å². The third kappa shape index (κ3) is 15.3. The molecule has 1 aliphatic rings. The molecule has 0 saturated heterocycles. The van der Waals surface area contributed by atoms with Crippen molar-refractivity contribution in [1.82, 2.24) is 9.80 Å². The standard InChI is InChI=1S/C27H52N2O4.C2H6/c1-9-11-18-23(10-2)29(25(31)33-27(6,7)8)20-15-19-28(24(30)32-26(3,4)5)21-22-16-13-12-14-17-22;1-2/h22-23H,9-21H2,1-8H3;1-2H3. The summed E-state index contributed by atoms with van der Waals surface area (Å²) in [5.74, 6) is 0.543. The number of unbranched alkanes of at least 4 members (excludes halogenated alkanes) is 1. The zero-order valence-electron chi connectivity index (χ0n) is 24.9. The predicted molar refractivity (Wildman–Crippen MR) is 147 cm³/mol. The topological polar surface area (TPSA) is 59.1 Å². The van der Waals surface area contributed by atoms with Crippen LogP contribution in [0.2, 0.25) is 0 Å². The van der Waals surface area contributed by atoms with Crippen molar-refractivity contribution in [2.75, 3.05) is 19.6 Å². The first-order chi connectivity index (χ1) is 16.4. The molecule has 1 atom stereocenters. The van der Waals surface area contributed by atoms with Gasteiger partial charge in [0.05, 0.1) is 0 Å². The predicted octanol–water partition coefficient (Wildman–Crippen LogP) is 8.43. The van der Waals surface area contributed by atoms with E-state index in [4.69, 9.17) is 9.47 Å². The summed E-state index contributed by atoms with van der Waals surface area (Å²) in [5.41, 5.74) is -1.04. The lowest BCUT2D eigenvalue weighted by molar-refractivity contribution is 0.0111. The van der Waals surface area contributed by atoms with Gasteiger partial charge < -0.3 is 19.3 Å². The number of carbonyl (C=O) groups excluding carboxylic acids is 2. The van der Waals surface area contributed by atoms with Gasteiger partial charge in [0.2, 0.25) is 0 Å². The maximum absolute atomic E-state index is 13.0. The quantitative estimate of drug-likeness (QED) is 0.287. The first-order valence-electron chi connectivity index (χ1n) is 14.3. The highest BCUT2D eigenvalue weighted by atomic mass is 16.6. The Hall–Kier alpha value is -1.46. The van der Waals surface area contributed by atoms with Gasteiger partial charge in [0.15, 0.2) is 0 Å². The molecule has 2 amide bonds. The van der Waals surface area contributed by atoms with Crippen LogP contribution in [0.1, 0.15) is 133 Å². The normalized spacial score (nSPS) is 15.5. The van der Waals surface area contributed by atoms with Crippen molar-refractivity contribution in [3.63, 3.8) is 0 Å². The van der Waals surface area contributed by atoms with Crippen LogP contribution in [0.3, 0.4) is 0 Å². The summed E-state index contributed by atoms with van der Waals surface area (Å²) >= 11 is 0. The second-order valence-electron chi connectivity index (χ2n) is 11.7. The summed E-state index contributed by atoms with van der Waals surface area (Å²) in [4.78, 5) is 29.8. The molecule has 0 aromatic carbocycles. The summed E-state index contributed by atoms with van der Waals surface area (Å²) < 4.78 is 11.5. The van der Waals surface area contributed by atoms with Crippen LogP contribution < -0.4 is 0 Å². The van der Waals surface area contributed by atoms with Crippen molar-refractivity contribution in [3.8, 4) is 0 Å². The van der Waals surface area contributed by atoms with Crippen molar-refractivity contribution in [2.45, 2.75) is 151 Å². The molecule has 1 aliphatic carbocycles. The van der Waals surface area contributed by atoms with Crippen LogP contribution in [0, 0.1) is 5.92 Å². The van der Waals surface area contributed by atoms with Gasteiger partial charge in [-0.3, -0.25) is 0 Å². The lowest BCUT2D eigenvalue weighted by atomic mass is 9.89. The number of amides is 2. The minimum atomic E-state index is -0.526. The Bertz CT molecular complexity index is 574. The number of carbonyl (C=O) groups is 2. The zero-order chi connectivity index (χ0) is 27.1. The van der Waals surface area contributed by atoms with Crippen molar-refractivity contribution < 1.29 is 19.1 Å². The molecule has 6 nitrogen and oxygen atoms in total. The molecule has 0 spiro atoms. The highest BCUT2D eigenvalue weighted by Crippen LogP contribution is 2.25. The largest absolute Gasteiger partial charge is 0.444 e. The van der Waals surface area contributed by atoms with Crippen LogP contribution in [-0.4, -0.2) is 58.9 Å². The van der Waals surface area contributed by atoms with Gasteiger partial charge in [-0.2, -0.15) is 0 Å². The lowest BCUT2D eigenvalue weighted by Gasteiger charge is -2.35. The number of hydrogen-bond acceptors (Lipinski definition) is 4. The minimum absolute atomic E-state index is 0.160. The van der Waals surface area contributed by atoms with Crippen LogP contribution in [-0.2, 0) is 9.47 Å². The van der Waals surface area contributed by atoms with Gasteiger partial charge in [0.1, 0.15) is 11.2 Å². The average Bonchev–Trinajstić information content (AvgIpc) is 2.77. The van der Waals surface area contributed by atoms with Gasteiger partial charge >= 0.3 is 12.2 Å². The molecule has 6 heteroatoms. The van der Waals surface area contributed by atoms with Crippen molar-refractivity contribution >= 4 is 12.2 Å². The summed E-state index contributed by atoms with van der Waals surface area (Å²) in [6.45, 7) is 21.7. The summed E-state index contributed by atoms with van der Waals surface area (Å²) in [5, 5.41) is 0. The monoisotopic (exact) mass is 498 g/mol. The maximum Gasteiger partial charge on any atom is 0.410 e. The van der Waals surface area contributed by atoms with Gasteiger partial charge in [-0.25, -0.2) is 9.59 Å². The van der Waals surface area contributed by atoms with Crippen molar-refractivity contribution in [2.24, 2.45) is 5.92 Å². The third-order valence-corrected chi connectivity index (χ3v) is 6.11. The van der Waals surface area contributed by atoms with Crippen LogP contribution in [0.25, 0.3) is 0 Å². The van der Waals surface area contributed by atoms with Crippen LogP contribution in [0.5, 0.6) is 0 Å². The molecule has 1 unspecified atom stereocenters. The highest BCUT2D eigenvalue weighted by molar-refractivity contribution is 5.69. The van der Waals surface area contributed by atoms with E-state index >= 15 is 0 Å². The molecule has 0 N–H and O–H groups in total. The number of hydrogen-bond donors (Lipinski definition) is 0. The Balaban J connectivity index is 0.00000562. The van der Waals surface area contributed by atoms with E-state index < -0.39 is 11.2 Å². The van der Waals surface area contributed by atoms with E-state index in [1.54, 1.807) is 0 Å². The Kier molecular flexibility index (Phi) is 16.4. The fourth-order valence-electron chi connectivity index (χ4n) is 4.46. The summed E-state index contributed by atoms with van der Waals surface area (Å²) in [6.07, 6.45) is 10.4. The fourth-order valence-corrected chi connectivity index (χ4v) is 4.46. The Morgan fingerprint density at radius 1 is 0.829 bits per heavy atom. The highest BCUT2D eigenvalue weighted by Gasteiger charge is 2.29. The minimum Gasteiger partial charge on any atom is -0.444 e. The molecule has 1 fully saturated rings. The van der Waals surface area contributed by atoms with Crippen molar-refractivity contribution in [1.29, 1.82) is 0 Å². The average molecular weight is 499 g/mol. The molecule has 0 radical (unpaired) electrons. The first kappa shape index (κ1) is 33.5. The molecule has 0 heterocycles. The van der Waals surface area contributed by atoms with Gasteiger partial charge in [0, 0.05) is 25.7 Å². The third-order valence-electron chi connectivity index (χ3n) is 6.11. The Labute approximate surface area is 217 Å². The van der Waals surface area contributed by atoms with E-state index in [1.807, 2.05) is 65.2 Å². The molecular weight excluding hydrogens is 440 g/mol. The zero-order valence-corrected chi connectivity index (χ0v) is 24.9. The Morgan fingerprint density at radius 3 is 1.86 bits per heavy atom. The van der Waals surface area contributed by atoms with E-state index in [0.29, 0.717) is 25.4 Å². The van der Waals surface area contributed by atoms with Crippen LogP contribution in [0.4, 0.5) is 9.59 Å². The van der Waals surface area contributed by atoms with Crippen LogP contribution in [0.15, 0.2) is 0 Å². The van der Waals surface area contributed by atoms with E-state index in [2.05, 4.69) is 13.8 Å². The SMILES string of the molecule is CC.CCCCC(CC)N(CCCN(CC1CCCCC1)C(=O)OC(C)(C)C)C(=O)OC(C)(C)C. The summed E-state index contributed by atoms with van der Waals surface area (Å²) in [6, 6.07) is 0.160. The molecular formula is C29H58N2O4. The lowest BCUT2D eigenvalue weighted by Crippen LogP contribution is -2.45. The molecule has 0 bridgehead atoms. The van der Waals surface area contributed by atoms with E-state index in [1.165, 1.54) is 32.1 Å². The molecule has 1 saturated carbocycles. The fraction of sp³-hybridized carbons (Fsp3) is 0.931. The number of rotatable bonds is 11. The van der Waals surface area contributed by atoms with E-state index in [9.17, 15) is 9.59 Å². The van der Waals surface area contributed by atoms with E-state index in [-0.39, 0.29) is 18.2 Å². The molecule has 0 aromatic rings. The summed E-state index contributed by atoms with van der Waals surface area (Å²) in [7, 11) is 0. The maximum atomic E-state index is 13.0. The molecule has 1 rings (SSSR count). The van der Waals surface area contributed by atoms with E-state index in [0.717, 1.165) is 32.2 Å². The number of nitrogens with zero attached hydrogens (tertiary/aromatic N) is 2. The van der Waals surface area contributed by atoms with Gasteiger partial charge in [-0.05, 0) is 79.6 Å². The molecule has 0 aromatic heterocycles. The number of ether oxygens (including phenoxy) is 2.